The van der Waals surface area contributed by atoms with Crippen molar-refractivity contribution in [3.8, 4) is 5.75 Å². The topological polar surface area (TPSA) is 81.9 Å². The van der Waals surface area contributed by atoms with Crippen molar-refractivity contribution in [2.24, 2.45) is 0 Å². The quantitative estimate of drug-likeness (QED) is 0.738. The van der Waals surface area contributed by atoms with Crippen molar-refractivity contribution in [3.63, 3.8) is 0 Å². The number of carbonyl (C=O) groups is 1. The fraction of sp³-hybridized carbons (Fsp3) is 0.263. The number of nitrogens with one attached hydrogen (secondary N) is 1. The molecule has 0 saturated heterocycles. The number of benzene rings is 2. The number of anilines is 1. The number of amides is 1. The van der Waals surface area contributed by atoms with Gasteiger partial charge in [-0.3, -0.25) is 4.79 Å². The van der Waals surface area contributed by atoms with Gasteiger partial charge in [-0.05, 0) is 72.7 Å². The first-order chi connectivity index (χ1) is 12.6. The van der Waals surface area contributed by atoms with E-state index in [0.717, 1.165) is 16.8 Å². The lowest BCUT2D eigenvalue weighted by Crippen LogP contribution is -2.13. The molecule has 134 valence electrons. The molecule has 0 spiro atoms. The molecule has 0 aliphatic rings. The van der Waals surface area contributed by atoms with Crippen molar-refractivity contribution in [2.75, 3.05) is 5.32 Å². The van der Waals surface area contributed by atoms with E-state index >= 15 is 0 Å². The van der Waals surface area contributed by atoms with Crippen LogP contribution in [0.25, 0.3) is 0 Å². The average Bonchev–Trinajstić information content (AvgIpc) is 3.11. The summed E-state index contributed by atoms with van der Waals surface area (Å²) in [6, 6.07) is 13.0. The maximum absolute atomic E-state index is 12.4. The zero-order valence-electron chi connectivity index (χ0n) is 15.1. The van der Waals surface area contributed by atoms with Gasteiger partial charge in [-0.2, -0.15) is 0 Å². The Labute approximate surface area is 152 Å². The van der Waals surface area contributed by atoms with Crippen LogP contribution < -0.4 is 10.1 Å². The molecule has 0 atom stereocenters. The monoisotopic (exact) mass is 351 g/mol. The lowest BCUT2D eigenvalue weighted by molar-refractivity contribution is 0.102. The third kappa shape index (κ3) is 4.05. The maximum atomic E-state index is 12.4. The summed E-state index contributed by atoms with van der Waals surface area (Å²) in [5, 5.41) is 14.4. The molecule has 0 aliphatic heterocycles. The summed E-state index contributed by atoms with van der Waals surface area (Å²) in [6.45, 7) is 6.88. The van der Waals surface area contributed by atoms with Crippen LogP contribution in [0, 0.1) is 13.8 Å². The van der Waals surface area contributed by atoms with Gasteiger partial charge in [0.25, 0.3) is 5.91 Å². The van der Waals surface area contributed by atoms with Crippen molar-refractivity contribution in [2.45, 2.75) is 33.9 Å². The number of tetrazole rings is 1. The Bertz CT molecular complexity index is 903. The minimum Gasteiger partial charge on any atom is -0.486 e. The van der Waals surface area contributed by atoms with E-state index in [1.54, 1.807) is 28.9 Å². The first-order valence-electron chi connectivity index (χ1n) is 8.43. The number of rotatable bonds is 6. The highest BCUT2D eigenvalue weighted by molar-refractivity contribution is 6.04. The van der Waals surface area contributed by atoms with E-state index < -0.39 is 0 Å². The maximum Gasteiger partial charge on any atom is 0.255 e. The molecule has 26 heavy (non-hydrogen) atoms. The zero-order valence-corrected chi connectivity index (χ0v) is 15.1. The summed E-state index contributed by atoms with van der Waals surface area (Å²) >= 11 is 0. The Kier molecular flexibility index (Phi) is 5.26. The van der Waals surface area contributed by atoms with Crippen molar-refractivity contribution in [1.82, 2.24) is 20.2 Å². The molecule has 7 heteroatoms. The van der Waals surface area contributed by atoms with E-state index in [4.69, 9.17) is 4.74 Å². The predicted molar refractivity (Wildman–Crippen MR) is 98.1 cm³/mol. The van der Waals surface area contributed by atoms with Crippen molar-refractivity contribution in [1.29, 1.82) is 0 Å². The standard InChI is InChI=1S/C19H21N5O2/c1-4-24-18(21-22-23-24)12-26-16-9-7-15(8-10-16)19(25)20-17-11-13(2)5-6-14(17)3/h5-11H,4,12H2,1-3H3,(H,20,25). The number of ether oxygens (including phenoxy) is 1. The van der Waals surface area contributed by atoms with Gasteiger partial charge in [0.2, 0.25) is 0 Å². The Balaban J connectivity index is 1.63. The van der Waals surface area contributed by atoms with Crippen LogP contribution in [0.5, 0.6) is 5.75 Å². The van der Waals surface area contributed by atoms with Crippen LogP contribution in [0.15, 0.2) is 42.5 Å². The molecule has 1 amide bonds. The smallest absolute Gasteiger partial charge is 0.255 e. The van der Waals surface area contributed by atoms with Gasteiger partial charge >= 0.3 is 0 Å². The largest absolute Gasteiger partial charge is 0.486 e. The lowest BCUT2D eigenvalue weighted by Gasteiger charge is -2.10. The van der Waals surface area contributed by atoms with Gasteiger partial charge in [0.05, 0.1) is 0 Å². The third-order valence-electron chi connectivity index (χ3n) is 4.03. The van der Waals surface area contributed by atoms with Crippen molar-refractivity contribution >= 4 is 11.6 Å². The van der Waals surface area contributed by atoms with Gasteiger partial charge in [0.15, 0.2) is 5.82 Å². The van der Waals surface area contributed by atoms with Gasteiger partial charge in [-0.1, -0.05) is 12.1 Å². The second kappa shape index (κ2) is 7.77. The first-order valence-corrected chi connectivity index (χ1v) is 8.43. The molecular weight excluding hydrogens is 330 g/mol. The normalized spacial score (nSPS) is 10.6. The molecular formula is C19H21N5O2. The first kappa shape index (κ1) is 17.6. The van der Waals surface area contributed by atoms with E-state index in [1.807, 2.05) is 39.0 Å². The second-order valence-corrected chi connectivity index (χ2v) is 6.00. The van der Waals surface area contributed by atoms with E-state index in [-0.39, 0.29) is 12.5 Å². The second-order valence-electron chi connectivity index (χ2n) is 6.00. The molecule has 0 fully saturated rings. The highest BCUT2D eigenvalue weighted by Gasteiger charge is 2.09. The van der Waals surface area contributed by atoms with Gasteiger partial charge in [0.1, 0.15) is 12.4 Å². The SMILES string of the molecule is CCn1nnnc1COc1ccc(C(=O)Nc2cc(C)ccc2C)cc1. The van der Waals surface area contributed by atoms with Gasteiger partial charge in [-0.25, -0.2) is 4.68 Å². The molecule has 2 aromatic carbocycles. The molecule has 7 nitrogen and oxygen atoms in total. The Morgan fingerprint density at radius 1 is 1.15 bits per heavy atom. The number of aryl methyl sites for hydroxylation is 3. The van der Waals surface area contributed by atoms with E-state index in [0.29, 0.717) is 23.7 Å². The summed E-state index contributed by atoms with van der Waals surface area (Å²) in [6.07, 6.45) is 0. The number of hydrogen-bond acceptors (Lipinski definition) is 5. The summed E-state index contributed by atoms with van der Waals surface area (Å²) in [5.74, 6) is 1.16. The van der Waals surface area contributed by atoms with Crippen LogP contribution in [0.3, 0.4) is 0 Å². The molecule has 0 radical (unpaired) electrons. The fourth-order valence-corrected chi connectivity index (χ4v) is 2.49. The molecule has 0 saturated carbocycles. The van der Waals surface area contributed by atoms with Crippen molar-refractivity contribution < 1.29 is 9.53 Å². The van der Waals surface area contributed by atoms with Crippen molar-refractivity contribution in [3.05, 3.63) is 65.0 Å². The minimum absolute atomic E-state index is 0.153. The molecule has 1 N–H and O–H groups in total. The van der Waals surface area contributed by atoms with Crippen LogP contribution in [-0.2, 0) is 13.2 Å². The molecule has 3 rings (SSSR count). The Morgan fingerprint density at radius 3 is 2.65 bits per heavy atom. The average molecular weight is 351 g/mol. The Morgan fingerprint density at radius 2 is 1.92 bits per heavy atom. The highest BCUT2D eigenvalue weighted by atomic mass is 16.5. The summed E-state index contributed by atoms with van der Waals surface area (Å²) in [5.41, 5.74) is 3.51. The van der Waals surface area contributed by atoms with Crippen LogP contribution in [0.1, 0.15) is 34.2 Å². The molecule has 0 unspecified atom stereocenters. The van der Waals surface area contributed by atoms with Crippen LogP contribution in [0.2, 0.25) is 0 Å². The van der Waals surface area contributed by atoms with Crippen LogP contribution in [0.4, 0.5) is 5.69 Å². The van der Waals surface area contributed by atoms with Gasteiger partial charge in [0, 0.05) is 17.8 Å². The minimum atomic E-state index is -0.153. The van der Waals surface area contributed by atoms with Crippen LogP contribution in [-0.4, -0.2) is 26.1 Å². The number of nitrogens with zero attached hydrogens (tertiary/aromatic N) is 4. The number of carbonyl (C=O) groups excluding carboxylic acids is 1. The Hall–Kier alpha value is -3.22. The molecule has 1 heterocycles. The molecule has 0 aliphatic carbocycles. The van der Waals surface area contributed by atoms with Crippen LogP contribution >= 0.6 is 0 Å². The van der Waals surface area contributed by atoms with E-state index in [1.165, 1.54) is 0 Å². The zero-order chi connectivity index (χ0) is 18.5. The predicted octanol–water partition coefficient (Wildman–Crippen LogP) is 3.14. The van der Waals surface area contributed by atoms with Gasteiger partial charge < -0.3 is 10.1 Å². The third-order valence-corrected chi connectivity index (χ3v) is 4.03. The summed E-state index contributed by atoms with van der Waals surface area (Å²) in [7, 11) is 0. The number of aromatic nitrogens is 4. The molecule has 0 bridgehead atoms. The highest BCUT2D eigenvalue weighted by Crippen LogP contribution is 2.19. The summed E-state index contributed by atoms with van der Waals surface area (Å²) < 4.78 is 7.36. The van der Waals surface area contributed by atoms with E-state index in [9.17, 15) is 4.79 Å². The van der Waals surface area contributed by atoms with E-state index in [2.05, 4.69) is 20.8 Å². The summed E-state index contributed by atoms with van der Waals surface area (Å²) in [4.78, 5) is 12.4. The number of hydrogen-bond donors (Lipinski definition) is 1. The molecule has 1 aromatic heterocycles. The molecule has 3 aromatic rings. The van der Waals surface area contributed by atoms with Gasteiger partial charge in [-0.15, -0.1) is 5.10 Å². The lowest BCUT2D eigenvalue weighted by atomic mass is 10.1. The fourth-order valence-electron chi connectivity index (χ4n) is 2.49.